The van der Waals surface area contributed by atoms with Gasteiger partial charge in [0, 0.05) is 24.3 Å². The molecule has 3 heteroatoms. The monoisotopic (exact) mass is 218 g/mol. The van der Waals surface area contributed by atoms with Crippen LogP contribution in [-0.4, -0.2) is 23.9 Å². The lowest BCUT2D eigenvalue weighted by Gasteiger charge is -2.16. The molecule has 16 heavy (non-hydrogen) atoms. The summed E-state index contributed by atoms with van der Waals surface area (Å²) in [7, 11) is 0. The van der Waals surface area contributed by atoms with Gasteiger partial charge >= 0.3 is 0 Å². The minimum Gasteiger partial charge on any atom is -0.398 e. The van der Waals surface area contributed by atoms with Gasteiger partial charge in [-0.25, -0.2) is 0 Å². The molecule has 1 aromatic rings. The van der Waals surface area contributed by atoms with Crippen LogP contribution in [0.15, 0.2) is 18.2 Å². The highest BCUT2D eigenvalue weighted by Gasteiger charge is 2.24. The van der Waals surface area contributed by atoms with Crippen LogP contribution in [-0.2, 0) is 0 Å². The first-order valence-corrected chi connectivity index (χ1v) is 5.73. The largest absolute Gasteiger partial charge is 0.398 e. The molecule has 0 spiro atoms. The molecule has 0 radical (unpaired) electrons. The molecule has 1 aromatic carbocycles. The topological polar surface area (TPSA) is 46.3 Å². The lowest BCUT2D eigenvalue weighted by Crippen LogP contribution is -2.28. The quantitative estimate of drug-likeness (QED) is 0.733. The smallest absolute Gasteiger partial charge is 0.253 e. The highest BCUT2D eigenvalue weighted by molar-refractivity contribution is 5.95. The summed E-state index contributed by atoms with van der Waals surface area (Å²) in [5, 5.41) is 0. The van der Waals surface area contributed by atoms with E-state index in [1.807, 2.05) is 24.0 Å². The lowest BCUT2D eigenvalue weighted by atomic mass is 10.1. The second kappa shape index (κ2) is 4.16. The molecule has 0 bridgehead atoms. The molecule has 0 aromatic heterocycles. The fourth-order valence-corrected chi connectivity index (χ4v) is 2.08. The van der Waals surface area contributed by atoms with Gasteiger partial charge in [0.15, 0.2) is 0 Å². The molecule has 1 aliphatic heterocycles. The number of carbonyl (C=O) groups is 1. The average Bonchev–Trinajstić information content (AvgIpc) is 2.68. The summed E-state index contributed by atoms with van der Waals surface area (Å²) in [4.78, 5) is 14.0. The first-order valence-electron chi connectivity index (χ1n) is 5.73. The van der Waals surface area contributed by atoms with Crippen LogP contribution in [0.3, 0.4) is 0 Å². The van der Waals surface area contributed by atoms with Crippen molar-refractivity contribution in [2.45, 2.75) is 20.3 Å². The lowest BCUT2D eigenvalue weighted by molar-refractivity contribution is 0.0788. The molecule has 1 unspecified atom stereocenters. The van der Waals surface area contributed by atoms with E-state index in [0.717, 1.165) is 25.1 Å². The zero-order chi connectivity index (χ0) is 11.7. The zero-order valence-corrected chi connectivity index (χ0v) is 9.86. The summed E-state index contributed by atoms with van der Waals surface area (Å²) < 4.78 is 0. The van der Waals surface area contributed by atoms with E-state index < -0.39 is 0 Å². The molecule has 86 valence electrons. The van der Waals surface area contributed by atoms with Crippen molar-refractivity contribution in [2.24, 2.45) is 5.92 Å². The van der Waals surface area contributed by atoms with Crippen molar-refractivity contribution < 1.29 is 4.79 Å². The van der Waals surface area contributed by atoms with E-state index in [2.05, 4.69) is 6.92 Å². The van der Waals surface area contributed by atoms with Crippen molar-refractivity contribution in [3.05, 3.63) is 29.3 Å². The van der Waals surface area contributed by atoms with Crippen molar-refractivity contribution in [1.82, 2.24) is 4.90 Å². The van der Waals surface area contributed by atoms with Crippen molar-refractivity contribution >= 4 is 11.6 Å². The number of nitrogens with two attached hydrogens (primary N) is 1. The predicted octanol–water partition coefficient (Wildman–Crippen LogP) is 2.06. The number of rotatable bonds is 1. The van der Waals surface area contributed by atoms with Crippen LogP contribution in [0.2, 0.25) is 0 Å². The molecule has 3 nitrogen and oxygen atoms in total. The minimum atomic E-state index is 0.107. The second-order valence-electron chi connectivity index (χ2n) is 4.72. The molecular weight excluding hydrogens is 200 g/mol. The van der Waals surface area contributed by atoms with Crippen molar-refractivity contribution in [3.8, 4) is 0 Å². The Kier molecular flexibility index (Phi) is 2.86. The predicted molar refractivity (Wildman–Crippen MR) is 65.3 cm³/mol. The Morgan fingerprint density at radius 2 is 2.25 bits per heavy atom. The maximum Gasteiger partial charge on any atom is 0.253 e. The Morgan fingerprint density at radius 3 is 2.81 bits per heavy atom. The van der Waals surface area contributed by atoms with Gasteiger partial charge in [-0.3, -0.25) is 4.79 Å². The highest BCUT2D eigenvalue weighted by atomic mass is 16.2. The van der Waals surface area contributed by atoms with Crippen molar-refractivity contribution in [3.63, 3.8) is 0 Å². The minimum absolute atomic E-state index is 0.107. The number of anilines is 1. The van der Waals surface area contributed by atoms with Gasteiger partial charge in [-0.15, -0.1) is 0 Å². The number of likely N-dealkylation sites (tertiary alicyclic amines) is 1. The normalized spacial score (nSPS) is 20.1. The van der Waals surface area contributed by atoms with Gasteiger partial charge in [0.25, 0.3) is 5.91 Å². The maximum atomic E-state index is 12.1. The summed E-state index contributed by atoms with van der Waals surface area (Å²) in [6.45, 7) is 5.86. The standard InChI is InChI=1S/C13H18N2O/c1-9-5-6-15(8-9)13(16)11-4-3-10(2)12(14)7-11/h3-4,7,9H,5-6,8,14H2,1-2H3. The van der Waals surface area contributed by atoms with Crippen LogP contribution in [0.25, 0.3) is 0 Å². The SMILES string of the molecule is Cc1ccc(C(=O)N2CCC(C)C2)cc1N. The number of amides is 1. The number of nitrogens with zero attached hydrogens (tertiary/aromatic N) is 1. The third-order valence-corrected chi connectivity index (χ3v) is 3.24. The van der Waals surface area contributed by atoms with Gasteiger partial charge in [-0.05, 0) is 37.0 Å². The molecule has 1 aliphatic rings. The van der Waals surface area contributed by atoms with E-state index in [1.54, 1.807) is 6.07 Å². The van der Waals surface area contributed by atoms with Crippen LogP contribution >= 0.6 is 0 Å². The summed E-state index contributed by atoms with van der Waals surface area (Å²) in [5.41, 5.74) is 8.23. The highest BCUT2D eigenvalue weighted by Crippen LogP contribution is 2.20. The van der Waals surface area contributed by atoms with Gasteiger partial charge in [0.2, 0.25) is 0 Å². The van der Waals surface area contributed by atoms with Crippen LogP contribution in [0, 0.1) is 12.8 Å². The number of benzene rings is 1. The summed E-state index contributed by atoms with van der Waals surface area (Å²) >= 11 is 0. The molecule has 2 rings (SSSR count). The fraction of sp³-hybridized carbons (Fsp3) is 0.462. The van der Waals surface area contributed by atoms with E-state index in [1.165, 1.54) is 0 Å². The Bertz CT molecular complexity index is 414. The van der Waals surface area contributed by atoms with E-state index in [4.69, 9.17) is 5.73 Å². The van der Waals surface area contributed by atoms with E-state index in [-0.39, 0.29) is 5.91 Å². The first-order chi connectivity index (χ1) is 7.58. The van der Waals surface area contributed by atoms with Gasteiger partial charge in [-0.2, -0.15) is 0 Å². The molecule has 0 saturated carbocycles. The zero-order valence-electron chi connectivity index (χ0n) is 9.86. The molecule has 1 heterocycles. The number of hydrogen-bond acceptors (Lipinski definition) is 2. The summed E-state index contributed by atoms with van der Waals surface area (Å²) in [6, 6.07) is 5.54. The molecule has 1 atom stereocenters. The van der Waals surface area contributed by atoms with Gasteiger partial charge in [0.1, 0.15) is 0 Å². The number of aryl methyl sites for hydroxylation is 1. The molecule has 1 saturated heterocycles. The van der Waals surface area contributed by atoms with E-state index in [9.17, 15) is 4.79 Å². The van der Waals surface area contributed by atoms with Gasteiger partial charge in [0.05, 0.1) is 0 Å². The van der Waals surface area contributed by atoms with Gasteiger partial charge in [-0.1, -0.05) is 13.0 Å². The second-order valence-corrected chi connectivity index (χ2v) is 4.72. The Morgan fingerprint density at radius 1 is 1.50 bits per heavy atom. The third kappa shape index (κ3) is 2.03. The summed E-state index contributed by atoms with van der Waals surface area (Å²) in [6.07, 6.45) is 1.10. The molecule has 1 amide bonds. The molecule has 1 fully saturated rings. The van der Waals surface area contributed by atoms with E-state index >= 15 is 0 Å². The van der Waals surface area contributed by atoms with Crippen LogP contribution in [0.5, 0.6) is 0 Å². The third-order valence-electron chi connectivity index (χ3n) is 3.24. The molecule has 2 N–H and O–H groups in total. The van der Waals surface area contributed by atoms with Crippen LogP contribution in [0.4, 0.5) is 5.69 Å². The van der Waals surface area contributed by atoms with Crippen LogP contribution < -0.4 is 5.73 Å². The summed E-state index contributed by atoms with van der Waals surface area (Å²) in [5.74, 6) is 0.725. The number of carbonyl (C=O) groups excluding carboxylic acids is 1. The first kappa shape index (κ1) is 11.0. The van der Waals surface area contributed by atoms with E-state index in [0.29, 0.717) is 17.2 Å². The van der Waals surface area contributed by atoms with Crippen molar-refractivity contribution in [2.75, 3.05) is 18.8 Å². The number of hydrogen-bond donors (Lipinski definition) is 1. The average molecular weight is 218 g/mol. The molecular formula is C13H18N2O. The molecule has 0 aliphatic carbocycles. The van der Waals surface area contributed by atoms with Crippen molar-refractivity contribution in [1.29, 1.82) is 0 Å². The Hall–Kier alpha value is -1.51. The van der Waals surface area contributed by atoms with Crippen LogP contribution in [0.1, 0.15) is 29.3 Å². The Labute approximate surface area is 96.2 Å². The Balaban J connectivity index is 2.18. The van der Waals surface area contributed by atoms with Gasteiger partial charge < -0.3 is 10.6 Å². The fourth-order valence-electron chi connectivity index (χ4n) is 2.08. The number of nitrogen functional groups attached to an aromatic ring is 1. The maximum absolute atomic E-state index is 12.1.